The van der Waals surface area contributed by atoms with E-state index in [4.69, 9.17) is 9.63 Å². The van der Waals surface area contributed by atoms with Crippen molar-refractivity contribution in [3.63, 3.8) is 0 Å². The number of nitrogens with zero attached hydrogens (tertiary/aromatic N) is 1. The van der Waals surface area contributed by atoms with Gasteiger partial charge in [0.15, 0.2) is 0 Å². The molecule has 2 aromatic heterocycles. The molecule has 2 rings (SSSR count). The summed E-state index contributed by atoms with van der Waals surface area (Å²) in [5.41, 5.74) is 0.532. The van der Waals surface area contributed by atoms with Crippen molar-refractivity contribution in [1.82, 2.24) is 5.16 Å². The number of rotatable bonds is 4. The van der Waals surface area contributed by atoms with Crippen molar-refractivity contribution < 1.29 is 22.8 Å². The third-order valence-corrected chi connectivity index (χ3v) is 4.35. The molecule has 0 aliphatic carbocycles. The van der Waals surface area contributed by atoms with Crippen LogP contribution in [0, 0.1) is 6.92 Å². The van der Waals surface area contributed by atoms with Gasteiger partial charge in [-0.25, -0.2) is 17.9 Å². The largest absolute Gasteiger partial charge is 0.477 e. The lowest BCUT2D eigenvalue weighted by Crippen LogP contribution is -2.11. The third kappa shape index (κ3) is 2.51. The monoisotopic (exact) mass is 288 g/mol. The van der Waals surface area contributed by atoms with Gasteiger partial charge in [-0.1, -0.05) is 5.16 Å². The molecular weight excluding hydrogens is 280 g/mol. The zero-order chi connectivity index (χ0) is 13.3. The van der Waals surface area contributed by atoms with Gasteiger partial charge in [0, 0.05) is 11.4 Å². The summed E-state index contributed by atoms with van der Waals surface area (Å²) >= 11 is 0.835. The molecular formula is C9H8N2O5S2. The SMILES string of the molecule is Cc1cc(NS(=O)(=O)c2csc(C(=O)O)c2)on1. The van der Waals surface area contributed by atoms with Gasteiger partial charge < -0.3 is 9.63 Å². The van der Waals surface area contributed by atoms with E-state index < -0.39 is 16.0 Å². The summed E-state index contributed by atoms with van der Waals surface area (Å²) in [6.45, 7) is 1.65. The summed E-state index contributed by atoms with van der Waals surface area (Å²) in [5, 5.41) is 13.5. The second kappa shape index (κ2) is 4.42. The van der Waals surface area contributed by atoms with Gasteiger partial charge in [-0.05, 0) is 13.0 Å². The number of hydrogen-bond acceptors (Lipinski definition) is 6. The van der Waals surface area contributed by atoms with Crippen LogP contribution in [0.1, 0.15) is 15.4 Å². The zero-order valence-corrected chi connectivity index (χ0v) is 10.7. The fourth-order valence-corrected chi connectivity index (χ4v) is 3.26. The Kier molecular flexibility index (Phi) is 3.09. The molecule has 2 N–H and O–H groups in total. The van der Waals surface area contributed by atoms with Crippen LogP contribution in [0.2, 0.25) is 0 Å². The molecule has 2 heterocycles. The minimum atomic E-state index is -3.85. The Morgan fingerprint density at radius 2 is 2.22 bits per heavy atom. The summed E-state index contributed by atoms with van der Waals surface area (Å²) in [6, 6.07) is 2.50. The average molecular weight is 288 g/mol. The van der Waals surface area contributed by atoms with E-state index in [-0.39, 0.29) is 15.7 Å². The van der Waals surface area contributed by atoms with Crippen molar-refractivity contribution in [2.75, 3.05) is 4.72 Å². The van der Waals surface area contributed by atoms with Crippen LogP contribution in [0.15, 0.2) is 26.9 Å². The van der Waals surface area contributed by atoms with E-state index in [2.05, 4.69) is 9.88 Å². The fraction of sp³-hybridized carbons (Fsp3) is 0.111. The molecule has 7 nitrogen and oxygen atoms in total. The number of thiophene rings is 1. The summed E-state index contributed by atoms with van der Waals surface area (Å²) in [6.07, 6.45) is 0. The number of carbonyl (C=O) groups is 1. The Hall–Kier alpha value is -1.87. The number of anilines is 1. The molecule has 0 aliphatic rings. The van der Waals surface area contributed by atoms with E-state index in [0.717, 1.165) is 17.4 Å². The predicted octanol–water partition coefficient (Wildman–Crippen LogP) is 1.54. The van der Waals surface area contributed by atoms with Crippen molar-refractivity contribution in [2.24, 2.45) is 0 Å². The lowest BCUT2D eigenvalue weighted by atomic mass is 10.5. The molecule has 0 atom stereocenters. The molecule has 18 heavy (non-hydrogen) atoms. The highest BCUT2D eigenvalue weighted by molar-refractivity contribution is 7.92. The number of aromatic carboxylic acids is 1. The van der Waals surface area contributed by atoms with Crippen LogP contribution in [0.5, 0.6) is 0 Å². The van der Waals surface area contributed by atoms with Crippen molar-refractivity contribution in [2.45, 2.75) is 11.8 Å². The third-order valence-electron chi connectivity index (χ3n) is 1.96. The number of carboxylic acids is 1. The molecule has 96 valence electrons. The van der Waals surface area contributed by atoms with E-state index in [1.54, 1.807) is 6.92 Å². The summed E-state index contributed by atoms with van der Waals surface area (Å²) in [5.74, 6) is -1.19. The van der Waals surface area contributed by atoms with Gasteiger partial charge in [-0.3, -0.25) is 0 Å². The normalized spacial score (nSPS) is 11.4. The molecule has 9 heteroatoms. The average Bonchev–Trinajstić information content (AvgIpc) is 2.86. The maximum Gasteiger partial charge on any atom is 0.345 e. The van der Waals surface area contributed by atoms with Crippen molar-refractivity contribution in [1.29, 1.82) is 0 Å². The van der Waals surface area contributed by atoms with Crippen LogP contribution in [0.3, 0.4) is 0 Å². The highest BCUT2D eigenvalue weighted by atomic mass is 32.2. The smallest absolute Gasteiger partial charge is 0.345 e. The Morgan fingerprint density at radius 1 is 1.50 bits per heavy atom. The minimum absolute atomic E-state index is 0.0180. The van der Waals surface area contributed by atoms with Crippen LogP contribution in [-0.4, -0.2) is 24.7 Å². The standard InChI is InChI=1S/C9H8N2O5S2/c1-5-2-8(16-10-5)11-18(14,15)6-3-7(9(12)13)17-4-6/h2-4,11H,1H3,(H,12,13). The van der Waals surface area contributed by atoms with Crippen LogP contribution < -0.4 is 4.72 Å². The van der Waals surface area contributed by atoms with E-state index in [1.165, 1.54) is 11.4 Å². The van der Waals surface area contributed by atoms with E-state index in [1.807, 2.05) is 0 Å². The van der Waals surface area contributed by atoms with E-state index in [9.17, 15) is 13.2 Å². The zero-order valence-electron chi connectivity index (χ0n) is 9.08. The second-order valence-corrected chi connectivity index (χ2v) is 5.98. The number of nitrogens with one attached hydrogen (secondary N) is 1. The number of aryl methyl sites for hydroxylation is 1. The molecule has 0 fully saturated rings. The van der Waals surface area contributed by atoms with Crippen molar-refractivity contribution in [3.05, 3.63) is 28.1 Å². The van der Waals surface area contributed by atoms with Crippen molar-refractivity contribution in [3.8, 4) is 0 Å². The first kappa shape index (κ1) is 12.6. The first-order valence-corrected chi connectivity index (χ1v) is 7.03. The maximum atomic E-state index is 11.9. The van der Waals surface area contributed by atoms with Crippen LogP contribution in [0.25, 0.3) is 0 Å². The quantitative estimate of drug-likeness (QED) is 0.883. The topological polar surface area (TPSA) is 110 Å². The second-order valence-electron chi connectivity index (χ2n) is 3.39. The van der Waals surface area contributed by atoms with Gasteiger partial charge in [0.2, 0.25) is 5.88 Å². The van der Waals surface area contributed by atoms with Crippen LogP contribution in [-0.2, 0) is 10.0 Å². The Balaban J connectivity index is 2.27. The molecule has 0 bridgehead atoms. The van der Waals surface area contributed by atoms with Crippen LogP contribution in [0.4, 0.5) is 5.88 Å². The van der Waals surface area contributed by atoms with Crippen molar-refractivity contribution >= 4 is 33.2 Å². The molecule has 0 amide bonds. The molecule has 0 aliphatic heterocycles. The number of sulfonamides is 1. The summed E-state index contributed by atoms with van der Waals surface area (Å²) in [4.78, 5) is 10.5. The van der Waals surface area contributed by atoms with Gasteiger partial charge in [0.05, 0.1) is 10.6 Å². The molecule has 0 aromatic carbocycles. The number of hydrogen-bond donors (Lipinski definition) is 2. The molecule has 0 saturated heterocycles. The first-order valence-electron chi connectivity index (χ1n) is 4.66. The van der Waals surface area contributed by atoms with Gasteiger partial charge in [0.1, 0.15) is 4.88 Å². The molecule has 0 spiro atoms. The molecule has 0 radical (unpaired) electrons. The predicted molar refractivity (Wildman–Crippen MR) is 63.3 cm³/mol. The Labute approximate surface area is 106 Å². The summed E-state index contributed by atoms with van der Waals surface area (Å²) < 4.78 is 30.6. The molecule has 0 saturated carbocycles. The lowest BCUT2D eigenvalue weighted by molar-refractivity contribution is 0.0702. The highest BCUT2D eigenvalue weighted by Gasteiger charge is 2.20. The first-order chi connectivity index (χ1) is 8.38. The molecule has 2 aromatic rings. The van der Waals surface area contributed by atoms with Crippen LogP contribution >= 0.6 is 11.3 Å². The van der Waals surface area contributed by atoms with E-state index in [0.29, 0.717) is 5.69 Å². The highest BCUT2D eigenvalue weighted by Crippen LogP contribution is 2.22. The van der Waals surface area contributed by atoms with Gasteiger partial charge >= 0.3 is 5.97 Å². The molecule has 0 unspecified atom stereocenters. The Morgan fingerprint density at radius 3 is 2.72 bits per heavy atom. The number of aromatic nitrogens is 1. The van der Waals surface area contributed by atoms with E-state index >= 15 is 0 Å². The lowest BCUT2D eigenvalue weighted by Gasteiger charge is -2.00. The Bertz CT molecular complexity index is 685. The minimum Gasteiger partial charge on any atom is -0.477 e. The maximum absolute atomic E-state index is 11.9. The fourth-order valence-electron chi connectivity index (χ4n) is 1.17. The summed E-state index contributed by atoms with van der Waals surface area (Å²) in [7, 11) is -3.85. The van der Waals surface area contributed by atoms with Gasteiger partial charge in [0.25, 0.3) is 10.0 Å². The van der Waals surface area contributed by atoms with Gasteiger partial charge in [-0.15, -0.1) is 11.3 Å². The number of carboxylic acid groups (broad SMARTS) is 1. The van der Waals surface area contributed by atoms with Gasteiger partial charge in [-0.2, -0.15) is 0 Å².